The van der Waals surface area contributed by atoms with E-state index >= 15 is 0 Å². The van der Waals surface area contributed by atoms with Crippen LogP contribution in [0.4, 0.5) is 0 Å². The Morgan fingerprint density at radius 3 is 2.05 bits per heavy atom. The molecule has 0 saturated carbocycles. The highest BCUT2D eigenvalue weighted by molar-refractivity contribution is 7.57. The summed E-state index contributed by atoms with van der Waals surface area (Å²) in [7, 11) is 2.81. The first-order chi connectivity index (χ1) is 8.33. The van der Waals surface area contributed by atoms with E-state index in [1.165, 1.54) is 13.6 Å². The number of carbonyl (C=O) groups excluding carboxylic acids is 1. The molecule has 0 aromatic carbocycles. The van der Waals surface area contributed by atoms with Gasteiger partial charge in [0.25, 0.3) is 0 Å². The van der Waals surface area contributed by atoms with Gasteiger partial charge >= 0.3 is 5.97 Å². The molecule has 0 aromatic rings. The fourth-order valence-corrected chi connectivity index (χ4v) is 3.22. The minimum atomic E-state index is -3.23. The van der Waals surface area contributed by atoms with E-state index in [-0.39, 0.29) is 12.2 Å². The van der Waals surface area contributed by atoms with Crippen molar-refractivity contribution in [1.82, 2.24) is 0 Å². The molecule has 114 valence electrons. The summed E-state index contributed by atoms with van der Waals surface area (Å²) in [5.74, 6) is 0.0241. The molecular weight excluding hydrogens is 265 g/mol. The van der Waals surface area contributed by atoms with Gasteiger partial charge in [-0.2, -0.15) is 0 Å². The normalized spacial score (nSPS) is 18.8. The van der Waals surface area contributed by atoms with Gasteiger partial charge in [0.2, 0.25) is 7.37 Å². The monoisotopic (exact) mass is 294 g/mol. The van der Waals surface area contributed by atoms with E-state index in [4.69, 9.17) is 4.74 Å². The lowest BCUT2D eigenvalue weighted by Gasteiger charge is -2.39. The predicted octanol–water partition coefficient (Wildman–Crippen LogP) is 1.94. The zero-order valence-corrected chi connectivity index (χ0v) is 14.1. The number of ether oxygens (including phenoxy) is 1. The zero-order chi connectivity index (χ0) is 15.4. The molecule has 0 spiro atoms. The van der Waals surface area contributed by atoms with E-state index in [1.807, 2.05) is 21.1 Å². The molecule has 5 nitrogen and oxygen atoms in total. The number of esters is 1. The lowest BCUT2D eigenvalue weighted by atomic mass is 9.97. The molecule has 0 fully saturated rings. The third-order valence-corrected chi connectivity index (χ3v) is 4.01. The maximum Gasteiger partial charge on any atom is 0.303 e. The van der Waals surface area contributed by atoms with E-state index in [9.17, 15) is 14.3 Å². The Morgan fingerprint density at radius 2 is 1.79 bits per heavy atom. The van der Waals surface area contributed by atoms with E-state index in [1.54, 1.807) is 0 Å². The van der Waals surface area contributed by atoms with Crippen molar-refractivity contribution in [2.45, 2.75) is 39.3 Å². The zero-order valence-electron chi connectivity index (χ0n) is 13.2. The van der Waals surface area contributed by atoms with E-state index in [0.717, 1.165) is 6.42 Å². The van der Waals surface area contributed by atoms with Crippen LogP contribution in [-0.4, -0.2) is 61.5 Å². The average Bonchev–Trinajstić information content (AvgIpc) is 2.07. The van der Waals surface area contributed by atoms with Crippen molar-refractivity contribution in [2.24, 2.45) is 5.92 Å². The Kier molecular flexibility index (Phi) is 6.73. The van der Waals surface area contributed by atoms with Crippen molar-refractivity contribution in [3.63, 3.8) is 0 Å². The van der Waals surface area contributed by atoms with Gasteiger partial charge in [0.1, 0.15) is 6.04 Å². The number of nitrogens with zero attached hydrogens (tertiary/aromatic N) is 1. The molecule has 0 aliphatic heterocycles. The molecule has 1 N–H and O–H groups in total. The topological polar surface area (TPSA) is 63.6 Å². The summed E-state index contributed by atoms with van der Waals surface area (Å²) in [5, 5.41) is 0. The van der Waals surface area contributed by atoms with Gasteiger partial charge in [0.05, 0.1) is 27.3 Å². The van der Waals surface area contributed by atoms with E-state index in [2.05, 4.69) is 13.8 Å². The molecule has 0 saturated heterocycles. The molecule has 0 aromatic heterocycles. The lowest BCUT2D eigenvalue weighted by molar-refractivity contribution is -0.900. The molecule has 6 heteroatoms. The minimum Gasteiger partial charge on any atom is -0.456 e. The first-order valence-corrected chi connectivity index (χ1v) is 8.89. The molecular formula is C13H29NO4P+. The van der Waals surface area contributed by atoms with Crippen molar-refractivity contribution in [1.29, 1.82) is 0 Å². The average molecular weight is 294 g/mol. The standard InChI is InChI=1S/C13H28NO4P/c1-10(2)8-12(14(4,5)6)13(18-11(3)15)9-19(7,16)17/h10,12-13H,8-9H2,1-7H3/p+1. The number of likely N-dealkylation sites (N-methyl/N-ethyl adjacent to an activating group) is 1. The Labute approximate surface area is 117 Å². The second kappa shape index (κ2) is 6.87. The van der Waals surface area contributed by atoms with Gasteiger partial charge in [-0.3, -0.25) is 9.36 Å². The second-order valence-electron chi connectivity index (χ2n) is 6.69. The van der Waals surface area contributed by atoms with Gasteiger partial charge in [-0.25, -0.2) is 0 Å². The molecule has 0 heterocycles. The molecule has 0 amide bonds. The van der Waals surface area contributed by atoms with Gasteiger partial charge in [0.15, 0.2) is 6.10 Å². The van der Waals surface area contributed by atoms with Gasteiger partial charge < -0.3 is 14.1 Å². The highest BCUT2D eigenvalue weighted by atomic mass is 31.2. The molecule has 0 aliphatic rings. The predicted molar refractivity (Wildman–Crippen MR) is 77.4 cm³/mol. The van der Waals surface area contributed by atoms with E-state index in [0.29, 0.717) is 10.4 Å². The van der Waals surface area contributed by atoms with Crippen LogP contribution >= 0.6 is 7.37 Å². The Hall–Kier alpha value is -0.380. The summed E-state index contributed by atoms with van der Waals surface area (Å²) in [4.78, 5) is 20.9. The van der Waals surface area contributed by atoms with Crippen LogP contribution in [-0.2, 0) is 14.1 Å². The van der Waals surface area contributed by atoms with Gasteiger partial charge in [0, 0.05) is 20.0 Å². The van der Waals surface area contributed by atoms with Crippen LogP contribution in [0.25, 0.3) is 0 Å². The van der Waals surface area contributed by atoms with Crippen LogP contribution in [0.3, 0.4) is 0 Å². The van der Waals surface area contributed by atoms with E-state index < -0.39 is 19.4 Å². The Bertz CT molecular complexity index is 343. The molecule has 3 unspecified atom stereocenters. The summed E-state index contributed by atoms with van der Waals surface area (Å²) in [6.07, 6.45) is 0.321. The number of hydrogen-bond acceptors (Lipinski definition) is 3. The fourth-order valence-electron chi connectivity index (χ4n) is 2.23. The van der Waals surface area contributed by atoms with Crippen LogP contribution in [0, 0.1) is 5.92 Å². The van der Waals surface area contributed by atoms with Crippen LogP contribution in [0.1, 0.15) is 27.2 Å². The number of hydrogen-bond donors (Lipinski definition) is 1. The van der Waals surface area contributed by atoms with Crippen molar-refractivity contribution < 1.29 is 23.5 Å². The Morgan fingerprint density at radius 1 is 1.32 bits per heavy atom. The maximum atomic E-state index is 11.7. The van der Waals surface area contributed by atoms with Gasteiger partial charge in [-0.15, -0.1) is 0 Å². The van der Waals surface area contributed by atoms with Crippen LogP contribution in [0.5, 0.6) is 0 Å². The highest BCUT2D eigenvalue weighted by Crippen LogP contribution is 2.38. The van der Waals surface area contributed by atoms with Gasteiger partial charge in [-0.05, 0) is 5.92 Å². The molecule has 0 aliphatic carbocycles. The molecule has 0 radical (unpaired) electrons. The molecule has 3 atom stereocenters. The first kappa shape index (κ1) is 18.6. The summed E-state index contributed by atoms with van der Waals surface area (Å²) in [6.45, 7) is 6.84. The first-order valence-electron chi connectivity index (χ1n) is 6.60. The summed E-state index contributed by atoms with van der Waals surface area (Å²) < 4.78 is 17.6. The fraction of sp³-hybridized carbons (Fsp3) is 0.923. The highest BCUT2D eigenvalue weighted by Gasteiger charge is 2.38. The van der Waals surface area contributed by atoms with Gasteiger partial charge in [-0.1, -0.05) is 13.8 Å². The SMILES string of the molecule is CC(=O)OC(CP(C)(=O)O)C(CC(C)C)[N+](C)(C)C. The van der Waals surface area contributed by atoms with Crippen molar-refractivity contribution in [3.8, 4) is 0 Å². The largest absolute Gasteiger partial charge is 0.456 e. The molecule has 19 heavy (non-hydrogen) atoms. The third-order valence-electron chi connectivity index (χ3n) is 2.97. The van der Waals surface area contributed by atoms with Crippen LogP contribution < -0.4 is 0 Å². The van der Waals surface area contributed by atoms with Crippen LogP contribution in [0.2, 0.25) is 0 Å². The van der Waals surface area contributed by atoms with Crippen LogP contribution in [0.15, 0.2) is 0 Å². The number of quaternary nitrogens is 1. The summed E-state index contributed by atoms with van der Waals surface area (Å²) in [5.41, 5.74) is 0. The minimum absolute atomic E-state index is 0.00400. The summed E-state index contributed by atoms with van der Waals surface area (Å²) in [6, 6.07) is 0.00400. The summed E-state index contributed by atoms with van der Waals surface area (Å²) >= 11 is 0. The lowest BCUT2D eigenvalue weighted by Crippen LogP contribution is -2.54. The number of carbonyl (C=O) groups is 1. The molecule has 0 bridgehead atoms. The third kappa shape index (κ3) is 8.40. The number of rotatable bonds is 7. The smallest absolute Gasteiger partial charge is 0.303 e. The maximum absolute atomic E-state index is 11.7. The van der Waals surface area contributed by atoms with Crippen molar-refractivity contribution in [2.75, 3.05) is 34.0 Å². The van der Waals surface area contributed by atoms with Crippen molar-refractivity contribution >= 4 is 13.3 Å². The Balaban J connectivity index is 5.23. The second-order valence-corrected chi connectivity index (χ2v) is 9.16. The quantitative estimate of drug-likeness (QED) is 0.443. The molecule has 0 rings (SSSR count). The van der Waals surface area contributed by atoms with Crippen molar-refractivity contribution in [3.05, 3.63) is 0 Å².